The largest absolute Gasteiger partial charge is 0.336 e. The van der Waals surface area contributed by atoms with E-state index in [1.54, 1.807) is 30.3 Å². The Morgan fingerprint density at radius 1 is 1.10 bits per heavy atom. The molecule has 0 unspecified atom stereocenters. The van der Waals surface area contributed by atoms with Crippen molar-refractivity contribution in [2.45, 2.75) is 6.54 Å². The standard InChI is InChI=1S/C17H15N3O/c1-20(17(21)16-8-4-5-9-18-16)12-13-10-14-6-2-3-7-15(14)19-11-13/h2-11H,12H2,1H3. The number of hydrogen-bond acceptors (Lipinski definition) is 3. The number of carbonyl (C=O) groups excluding carboxylic acids is 1. The molecule has 0 aliphatic carbocycles. The fraction of sp³-hybridized carbons (Fsp3) is 0.118. The first kappa shape index (κ1) is 13.2. The van der Waals surface area contributed by atoms with Gasteiger partial charge in [0, 0.05) is 31.4 Å². The lowest BCUT2D eigenvalue weighted by molar-refractivity contribution is 0.0779. The maximum Gasteiger partial charge on any atom is 0.272 e. The quantitative estimate of drug-likeness (QED) is 0.739. The van der Waals surface area contributed by atoms with E-state index in [1.165, 1.54) is 0 Å². The zero-order valence-electron chi connectivity index (χ0n) is 11.7. The molecule has 21 heavy (non-hydrogen) atoms. The molecule has 4 nitrogen and oxygen atoms in total. The van der Waals surface area contributed by atoms with Crippen LogP contribution in [0.4, 0.5) is 0 Å². The van der Waals surface area contributed by atoms with E-state index in [0.29, 0.717) is 12.2 Å². The van der Waals surface area contributed by atoms with Crippen LogP contribution in [0.2, 0.25) is 0 Å². The molecule has 2 aromatic heterocycles. The molecule has 0 aliphatic heterocycles. The first-order valence-corrected chi connectivity index (χ1v) is 6.74. The van der Waals surface area contributed by atoms with Crippen LogP contribution in [-0.2, 0) is 6.54 Å². The van der Waals surface area contributed by atoms with Crippen molar-refractivity contribution < 1.29 is 4.79 Å². The number of benzene rings is 1. The Morgan fingerprint density at radius 2 is 1.90 bits per heavy atom. The number of pyridine rings is 2. The highest BCUT2D eigenvalue weighted by atomic mass is 16.2. The molecule has 0 spiro atoms. The van der Waals surface area contributed by atoms with Gasteiger partial charge >= 0.3 is 0 Å². The summed E-state index contributed by atoms with van der Waals surface area (Å²) in [6, 6.07) is 15.3. The lowest BCUT2D eigenvalue weighted by Crippen LogP contribution is -2.26. The maximum atomic E-state index is 12.3. The third-order valence-electron chi connectivity index (χ3n) is 3.30. The molecular formula is C17H15N3O. The molecule has 2 heterocycles. The SMILES string of the molecule is CN(Cc1cnc2ccccc2c1)C(=O)c1ccccn1. The first-order valence-electron chi connectivity index (χ1n) is 6.74. The van der Waals surface area contributed by atoms with E-state index in [0.717, 1.165) is 16.5 Å². The molecular weight excluding hydrogens is 262 g/mol. The monoisotopic (exact) mass is 277 g/mol. The normalized spacial score (nSPS) is 10.5. The molecule has 3 aromatic rings. The second-order valence-electron chi connectivity index (χ2n) is 4.91. The number of fused-ring (bicyclic) bond motifs is 1. The summed E-state index contributed by atoms with van der Waals surface area (Å²) in [7, 11) is 1.77. The molecule has 104 valence electrons. The molecule has 3 rings (SSSR count). The zero-order chi connectivity index (χ0) is 14.7. The number of amides is 1. The number of hydrogen-bond donors (Lipinski definition) is 0. The van der Waals surface area contributed by atoms with Gasteiger partial charge in [-0.2, -0.15) is 0 Å². The van der Waals surface area contributed by atoms with Crippen LogP contribution in [0.25, 0.3) is 10.9 Å². The molecule has 0 fully saturated rings. The smallest absolute Gasteiger partial charge is 0.272 e. The summed E-state index contributed by atoms with van der Waals surface area (Å²) in [5, 5.41) is 1.08. The van der Waals surface area contributed by atoms with E-state index >= 15 is 0 Å². The molecule has 1 aromatic carbocycles. The van der Waals surface area contributed by atoms with Crippen molar-refractivity contribution in [3.8, 4) is 0 Å². The lowest BCUT2D eigenvalue weighted by Gasteiger charge is -2.16. The molecule has 0 atom stereocenters. The molecule has 4 heteroatoms. The van der Waals surface area contributed by atoms with E-state index in [9.17, 15) is 4.79 Å². The Balaban J connectivity index is 1.80. The van der Waals surface area contributed by atoms with Gasteiger partial charge < -0.3 is 4.90 Å². The predicted molar refractivity (Wildman–Crippen MR) is 81.8 cm³/mol. The fourth-order valence-corrected chi connectivity index (χ4v) is 2.23. The van der Waals surface area contributed by atoms with Gasteiger partial charge in [-0.3, -0.25) is 14.8 Å². The van der Waals surface area contributed by atoms with E-state index < -0.39 is 0 Å². The van der Waals surface area contributed by atoms with Gasteiger partial charge in [0.2, 0.25) is 0 Å². The van der Waals surface area contributed by atoms with Crippen LogP contribution in [-0.4, -0.2) is 27.8 Å². The van der Waals surface area contributed by atoms with Gasteiger partial charge in [0.05, 0.1) is 5.52 Å². The molecule has 0 N–H and O–H groups in total. The number of carbonyl (C=O) groups is 1. The lowest BCUT2D eigenvalue weighted by atomic mass is 10.1. The molecule has 0 saturated carbocycles. The van der Waals surface area contributed by atoms with Crippen molar-refractivity contribution in [2.24, 2.45) is 0 Å². The van der Waals surface area contributed by atoms with Crippen molar-refractivity contribution in [1.82, 2.24) is 14.9 Å². The van der Waals surface area contributed by atoms with Crippen molar-refractivity contribution in [3.05, 3.63) is 72.2 Å². The Labute approximate surface area is 123 Å². The minimum atomic E-state index is -0.0937. The second-order valence-corrected chi connectivity index (χ2v) is 4.91. The maximum absolute atomic E-state index is 12.3. The van der Waals surface area contributed by atoms with Gasteiger partial charge in [-0.15, -0.1) is 0 Å². The highest BCUT2D eigenvalue weighted by molar-refractivity contribution is 5.92. The number of para-hydroxylation sites is 1. The third-order valence-corrected chi connectivity index (χ3v) is 3.30. The summed E-state index contributed by atoms with van der Waals surface area (Å²) in [5.41, 5.74) is 2.41. The van der Waals surface area contributed by atoms with Gasteiger partial charge in [0.25, 0.3) is 5.91 Å². The summed E-state index contributed by atoms with van der Waals surface area (Å²) < 4.78 is 0. The van der Waals surface area contributed by atoms with Crippen LogP contribution in [0.1, 0.15) is 16.1 Å². The molecule has 0 radical (unpaired) electrons. The summed E-state index contributed by atoms with van der Waals surface area (Å²) >= 11 is 0. The van der Waals surface area contributed by atoms with Crippen molar-refractivity contribution in [1.29, 1.82) is 0 Å². The first-order chi connectivity index (χ1) is 10.2. The minimum absolute atomic E-state index is 0.0937. The van der Waals surface area contributed by atoms with Crippen molar-refractivity contribution >= 4 is 16.8 Å². The summed E-state index contributed by atoms with van der Waals surface area (Å²) in [6.07, 6.45) is 3.43. The van der Waals surface area contributed by atoms with Crippen molar-refractivity contribution in [3.63, 3.8) is 0 Å². The van der Waals surface area contributed by atoms with Gasteiger partial charge in [-0.25, -0.2) is 0 Å². The highest BCUT2D eigenvalue weighted by Gasteiger charge is 2.13. The Bertz CT molecular complexity index is 771. The molecule has 0 bridgehead atoms. The summed E-state index contributed by atoms with van der Waals surface area (Å²) in [5.74, 6) is -0.0937. The van der Waals surface area contributed by atoms with E-state index in [4.69, 9.17) is 0 Å². The molecule has 0 aliphatic rings. The van der Waals surface area contributed by atoms with Gasteiger partial charge in [0.1, 0.15) is 5.69 Å². The molecule has 1 amide bonds. The van der Waals surface area contributed by atoms with Gasteiger partial charge in [-0.05, 0) is 29.8 Å². The topological polar surface area (TPSA) is 46.1 Å². The molecule has 0 saturated heterocycles. The number of aromatic nitrogens is 2. The van der Waals surface area contributed by atoms with Gasteiger partial charge in [-0.1, -0.05) is 24.3 Å². The van der Waals surface area contributed by atoms with E-state index in [-0.39, 0.29) is 5.91 Å². The van der Waals surface area contributed by atoms with Crippen LogP contribution in [0.15, 0.2) is 60.9 Å². The number of nitrogens with zero attached hydrogens (tertiary/aromatic N) is 3. The Hall–Kier alpha value is -2.75. The van der Waals surface area contributed by atoms with Crippen LogP contribution in [0.5, 0.6) is 0 Å². The van der Waals surface area contributed by atoms with Crippen LogP contribution in [0, 0.1) is 0 Å². The van der Waals surface area contributed by atoms with E-state index in [2.05, 4.69) is 16.0 Å². The van der Waals surface area contributed by atoms with E-state index in [1.807, 2.05) is 36.5 Å². The van der Waals surface area contributed by atoms with Crippen LogP contribution in [0.3, 0.4) is 0 Å². The third kappa shape index (κ3) is 2.89. The van der Waals surface area contributed by atoms with Crippen LogP contribution >= 0.6 is 0 Å². The van der Waals surface area contributed by atoms with Crippen LogP contribution < -0.4 is 0 Å². The fourth-order valence-electron chi connectivity index (χ4n) is 2.23. The average Bonchev–Trinajstić information content (AvgIpc) is 2.55. The highest BCUT2D eigenvalue weighted by Crippen LogP contribution is 2.14. The Morgan fingerprint density at radius 3 is 2.71 bits per heavy atom. The average molecular weight is 277 g/mol. The second kappa shape index (κ2) is 5.71. The summed E-state index contributed by atoms with van der Waals surface area (Å²) in [4.78, 5) is 22.4. The number of rotatable bonds is 3. The predicted octanol–water partition coefficient (Wildman–Crippen LogP) is 2.90. The van der Waals surface area contributed by atoms with Gasteiger partial charge in [0.15, 0.2) is 0 Å². The zero-order valence-corrected chi connectivity index (χ0v) is 11.7. The minimum Gasteiger partial charge on any atom is -0.336 e. The van der Waals surface area contributed by atoms with Crippen molar-refractivity contribution in [2.75, 3.05) is 7.05 Å². The Kier molecular flexibility index (Phi) is 3.60. The summed E-state index contributed by atoms with van der Waals surface area (Å²) in [6.45, 7) is 0.507.